The highest BCUT2D eigenvalue weighted by Gasteiger charge is 2.18. The molecule has 3 N–H and O–H groups in total. The summed E-state index contributed by atoms with van der Waals surface area (Å²) in [7, 11) is 0. The number of hydrazine groups is 1. The molecule has 0 amide bonds. The van der Waals surface area contributed by atoms with Crippen molar-refractivity contribution in [2.45, 2.75) is 52.0 Å². The van der Waals surface area contributed by atoms with Gasteiger partial charge >= 0.3 is 0 Å². The van der Waals surface area contributed by atoms with Crippen LogP contribution >= 0.6 is 15.9 Å². The molecule has 0 aromatic heterocycles. The number of unbranched alkanes of at least 4 members (excludes halogenated alkanes) is 1. The second kappa shape index (κ2) is 8.68. The Bertz CT molecular complexity index is 324. The van der Waals surface area contributed by atoms with Gasteiger partial charge in [-0.2, -0.15) is 0 Å². The zero-order valence-corrected chi connectivity index (χ0v) is 13.0. The summed E-state index contributed by atoms with van der Waals surface area (Å²) < 4.78 is 1.13. The molecule has 0 heterocycles. The van der Waals surface area contributed by atoms with Crippen LogP contribution in [0.25, 0.3) is 0 Å². The molecular formula is C15H25BrN2. The molecule has 102 valence electrons. The SMILES string of the molecule is CCCCC(CC)C(Cc1ccc(Br)cc1)NN. The summed E-state index contributed by atoms with van der Waals surface area (Å²) in [4.78, 5) is 0. The van der Waals surface area contributed by atoms with E-state index >= 15 is 0 Å². The molecule has 0 radical (unpaired) electrons. The van der Waals surface area contributed by atoms with E-state index in [9.17, 15) is 0 Å². The molecule has 0 aliphatic heterocycles. The van der Waals surface area contributed by atoms with Crippen LogP contribution in [-0.4, -0.2) is 6.04 Å². The first kappa shape index (κ1) is 15.7. The van der Waals surface area contributed by atoms with Crippen LogP contribution in [0.4, 0.5) is 0 Å². The van der Waals surface area contributed by atoms with E-state index in [4.69, 9.17) is 5.84 Å². The van der Waals surface area contributed by atoms with Gasteiger partial charge in [0.1, 0.15) is 0 Å². The van der Waals surface area contributed by atoms with E-state index in [2.05, 4.69) is 59.5 Å². The van der Waals surface area contributed by atoms with E-state index in [1.165, 1.54) is 31.2 Å². The lowest BCUT2D eigenvalue weighted by Crippen LogP contribution is -2.42. The van der Waals surface area contributed by atoms with Crippen molar-refractivity contribution in [1.29, 1.82) is 0 Å². The summed E-state index contributed by atoms with van der Waals surface area (Å²) in [5.41, 5.74) is 4.36. The van der Waals surface area contributed by atoms with Crippen molar-refractivity contribution in [3.63, 3.8) is 0 Å². The lowest BCUT2D eigenvalue weighted by atomic mass is 9.88. The number of rotatable bonds is 8. The van der Waals surface area contributed by atoms with E-state index in [1.54, 1.807) is 0 Å². The average molecular weight is 313 g/mol. The van der Waals surface area contributed by atoms with Gasteiger partial charge in [0.25, 0.3) is 0 Å². The summed E-state index contributed by atoms with van der Waals surface area (Å²) in [6, 6.07) is 8.90. The highest BCUT2D eigenvalue weighted by atomic mass is 79.9. The third-order valence-corrected chi connectivity index (χ3v) is 4.13. The third-order valence-electron chi connectivity index (χ3n) is 3.60. The molecule has 0 saturated heterocycles. The fourth-order valence-corrected chi connectivity index (χ4v) is 2.66. The van der Waals surface area contributed by atoms with Crippen LogP contribution in [0, 0.1) is 5.92 Å². The van der Waals surface area contributed by atoms with Gasteiger partial charge < -0.3 is 0 Å². The Morgan fingerprint density at radius 1 is 1.22 bits per heavy atom. The van der Waals surface area contributed by atoms with E-state index in [0.717, 1.165) is 10.9 Å². The average Bonchev–Trinajstić information content (AvgIpc) is 2.40. The summed E-state index contributed by atoms with van der Waals surface area (Å²) in [6.45, 7) is 4.50. The molecule has 2 unspecified atom stereocenters. The fraction of sp³-hybridized carbons (Fsp3) is 0.600. The second-order valence-electron chi connectivity index (χ2n) is 4.91. The molecule has 18 heavy (non-hydrogen) atoms. The van der Waals surface area contributed by atoms with Gasteiger partial charge in [0, 0.05) is 10.5 Å². The molecule has 0 spiro atoms. The van der Waals surface area contributed by atoms with Crippen molar-refractivity contribution in [1.82, 2.24) is 5.43 Å². The normalized spacial score (nSPS) is 14.4. The fourth-order valence-electron chi connectivity index (χ4n) is 2.39. The van der Waals surface area contributed by atoms with Crippen LogP contribution in [0.1, 0.15) is 45.1 Å². The first-order valence-corrected chi connectivity index (χ1v) is 7.71. The lowest BCUT2D eigenvalue weighted by molar-refractivity contribution is 0.318. The first-order chi connectivity index (χ1) is 8.71. The quantitative estimate of drug-likeness (QED) is 0.561. The van der Waals surface area contributed by atoms with Gasteiger partial charge in [-0.25, -0.2) is 0 Å². The standard InChI is InChI=1S/C15H25BrN2/c1-3-5-6-13(4-2)15(18-17)11-12-7-9-14(16)10-8-12/h7-10,13,15,18H,3-6,11,17H2,1-2H3. The highest BCUT2D eigenvalue weighted by molar-refractivity contribution is 9.10. The van der Waals surface area contributed by atoms with Crippen molar-refractivity contribution in [2.24, 2.45) is 11.8 Å². The number of hydrogen-bond donors (Lipinski definition) is 2. The van der Waals surface area contributed by atoms with Crippen LogP contribution in [0.3, 0.4) is 0 Å². The number of halogens is 1. The van der Waals surface area contributed by atoms with E-state index in [-0.39, 0.29) is 0 Å². The van der Waals surface area contributed by atoms with E-state index in [1.807, 2.05) is 0 Å². The Hall–Kier alpha value is -0.380. The largest absolute Gasteiger partial charge is 0.271 e. The van der Waals surface area contributed by atoms with Crippen LogP contribution in [0.5, 0.6) is 0 Å². The van der Waals surface area contributed by atoms with Gasteiger partial charge in [-0.3, -0.25) is 11.3 Å². The molecule has 2 nitrogen and oxygen atoms in total. The zero-order valence-electron chi connectivity index (χ0n) is 11.5. The number of nitrogens with one attached hydrogen (secondary N) is 1. The van der Waals surface area contributed by atoms with Crippen LogP contribution < -0.4 is 11.3 Å². The topological polar surface area (TPSA) is 38.0 Å². The summed E-state index contributed by atoms with van der Waals surface area (Å²) in [6.07, 6.45) is 6.00. The van der Waals surface area contributed by atoms with Gasteiger partial charge in [0.05, 0.1) is 0 Å². The van der Waals surface area contributed by atoms with Crippen LogP contribution in [0.2, 0.25) is 0 Å². The predicted molar refractivity (Wildman–Crippen MR) is 82.3 cm³/mol. The van der Waals surface area contributed by atoms with Gasteiger partial charge in [0.15, 0.2) is 0 Å². The van der Waals surface area contributed by atoms with Crippen molar-refractivity contribution in [2.75, 3.05) is 0 Å². The molecule has 0 fully saturated rings. The molecule has 0 aliphatic rings. The minimum Gasteiger partial charge on any atom is -0.271 e. The molecule has 0 bridgehead atoms. The molecule has 2 atom stereocenters. The van der Waals surface area contributed by atoms with Gasteiger partial charge in [-0.1, -0.05) is 61.2 Å². The Morgan fingerprint density at radius 3 is 2.39 bits per heavy atom. The molecule has 1 rings (SSSR count). The smallest absolute Gasteiger partial charge is 0.0279 e. The van der Waals surface area contributed by atoms with Crippen molar-refractivity contribution in [3.05, 3.63) is 34.3 Å². The molecule has 3 heteroatoms. The Labute approximate surface area is 119 Å². The first-order valence-electron chi connectivity index (χ1n) is 6.91. The highest BCUT2D eigenvalue weighted by Crippen LogP contribution is 2.20. The number of hydrogen-bond acceptors (Lipinski definition) is 2. The van der Waals surface area contributed by atoms with Gasteiger partial charge in [-0.05, 0) is 36.5 Å². The Kier molecular flexibility index (Phi) is 7.56. The Morgan fingerprint density at radius 2 is 1.89 bits per heavy atom. The monoisotopic (exact) mass is 312 g/mol. The maximum absolute atomic E-state index is 5.74. The minimum atomic E-state index is 0.378. The number of nitrogens with two attached hydrogens (primary N) is 1. The van der Waals surface area contributed by atoms with Gasteiger partial charge in [-0.15, -0.1) is 0 Å². The molecule has 1 aromatic carbocycles. The van der Waals surface area contributed by atoms with E-state index < -0.39 is 0 Å². The number of benzene rings is 1. The Balaban J connectivity index is 2.61. The summed E-state index contributed by atoms with van der Waals surface area (Å²) in [5.74, 6) is 6.40. The zero-order chi connectivity index (χ0) is 13.4. The van der Waals surface area contributed by atoms with Gasteiger partial charge in [0.2, 0.25) is 0 Å². The molecule has 0 saturated carbocycles. The van der Waals surface area contributed by atoms with E-state index in [0.29, 0.717) is 12.0 Å². The maximum Gasteiger partial charge on any atom is 0.0279 e. The minimum absolute atomic E-state index is 0.378. The maximum atomic E-state index is 5.74. The van der Waals surface area contributed by atoms with Crippen molar-refractivity contribution < 1.29 is 0 Å². The molecule has 1 aromatic rings. The van der Waals surface area contributed by atoms with Crippen LogP contribution in [0.15, 0.2) is 28.7 Å². The van der Waals surface area contributed by atoms with Crippen LogP contribution in [-0.2, 0) is 6.42 Å². The second-order valence-corrected chi connectivity index (χ2v) is 5.83. The predicted octanol–water partition coefficient (Wildman–Crippen LogP) is 4.04. The summed E-state index contributed by atoms with van der Waals surface area (Å²) in [5, 5.41) is 0. The molecular weight excluding hydrogens is 288 g/mol. The summed E-state index contributed by atoms with van der Waals surface area (Å²) >= 11 is 3.47. The lowest BCUT2D eigenvalue weighted by Gasteiger charge is -2.25. The third kappa shape index (κ3) is 5.09. The molecule has 0 aliphatic carbocycles. The van der Waals surface area contributed by atoms with Crippen molar-refractivity contribution in [3.8, 4) is 0 Å². The van der Waals surface area contributed by atoms with Crippen molar-refractivity contribution >= 4 is 15.9 Å².